The highest BCUT2D eigenvalue weighted by atomic mass is 16.6. The minimum absolute atomic E-state index is 0.0564. The second-order valence-corrected chi connectivity index (χ2v) is 7.17. The number of esters is 1. The van der Waals surface area contributed by atoms with E-state index < -0.39 is 27.8 Å². The van der Waals surface area contributed by atoms with Gasteiger partial charge < -0.3 is 10.1 Å². The number of nitro groups is 2. The largest absolute Gasteiger partial charge is 0.444 e. The van der Waals surface area contributed by atoms with Crippen molar-refractivity contribution in [2.24, 2.45) is 0 Å². The Bertz CT molecular complexity index is 1240. The van der Waals surface area contributed by atoms with Crippen LogP contribution in [0.4, 0.5) is 17.1 Å². The summed E-state index contributed by atoms with van der Waals surface area (Å²) in [7, 11) is 0. The summed E-state index contributed by atoms with van der Waals surface area (Å²) in [4.78, 5) is 47.3. The Morgan fingerprint density at radius 3 is 2.18 bits per heavy atom. The maximum atomic E-state index is 13.1. The molecule has 0 aromatic heterocycles. The van der Waals surface area contributed by atoms with Crippen LogP contribution in [0.3, 0.4) is 0 Å². The van der Waals surface area contributed by atoms with Crippen LogP contribution in [0, 0.1) is 34.1 Å². The second-order valence-electron chi connectivity index (χ2n) is 7.17. The Morgan fingerprint density at radius 2 is 1.55 bits per heavy atom. The third-order valence-electron chi connectivity index (χ3n) is 4.89. The number of amides is 1. The molecule has 1 amide bonds. The number of nitrogens with zero attached hydrogens (tertiary/aromatic N) is 2. The molecule has 0 heterocycles. The smallest absolute Gasteiger partial charge is 0.339 e. The van der Waals surface area contributed by atoms with Gasteiger partial charge in [0.2, 0.25) is 6.10 Å². The Labute approximate surface area is 188 Å². The Kier molecular flexibility index (Phi) is 6.77. The van der Waals surface area contributed by atoms with E-state index in [4.69, 9.17) is 4.74 Å². The van der Waals surface area contributed by atoms with Gasteiger partial charge in [-0.25, -0.2) is 4.79 Å². The number of nitrogens with one attached hydrogen (secondary N) is 1. The molecule has 0 saturated carbocycles. The van der Waals surface area contributed by atoms with Crippen LogP contribution in [0.2, 0.25) is 0 Å². The van der Waals surface area contributed by atoms with Gasteiger partial charge in [-0.05, 0) is 31.5 Å². The monoisotopic (exact) mass is 449 g/mol. The fourth-order valence-electron chi connectivity index (χ4n) is 3.21. The van der Waals surface area contributed by atoms with Crippen LogP contribution in [-0.4, -0.2) is 21.7 Å². The predicted octanol–water partition coefficient (Wildman–Crippen LogP) is 4.66. The molecule has 0 aliphatic heterocycles. The number of rotatable bonds is 7. The van der Waals surface area contributed by atoms with Crippen molar-refractivity contribution in [2.75, 3.05) is 5.32 Å². The fraction of sp³-hybridized carbons (Fsp3) is 0.130. The van der Waals surface area contributed by atoms with Gasteiger partial charge in [-0.15, -0.1) is 0 Å². The van der Waals surface area contributed by atoms with Crippen molar-refractivity contribution in [1.29, 1.82) is 0 Å². The van der Waals surface area contributed by atoms with Gasteiger partial charge in [-0.1, -0.05) is 42.5 Å². The number of hydrogen-bond acceptors (Lipinski definition) is 7. The average molecular weight is 449 g/mol. The zero-order valence-corrected chi connectivity index (χ0v) is 17.7. The Balaban J connectivity index is 1.95. The van der Waals surface area contributed by atoms with E-state index in [9.17, 15) is 29.8 Å². The molecule has 0 aliphatic rings. The third kappa shape index (κ3) is 5.18. The lowest BCUT2D eigenvalue weighted by Crippen LogP contribution is -2.26. The molecule has 0 bridgehead atoms. The van der Waals surface area contributed by atoms with Gasteiger partial charge in [0.05, 0.1) is 15.4 Å². The predicted molar refractivity (Wildman–Crippen MR) is 119 cm³/mol. The number of aryl methyl sites for hydroxylation is 1. The molecule has 0 radical (unpaired) electrons. The number of benzene rings is 3. The second kappa shape index (κ2) is 9.69. The zero-order valence-electron chi connectivity index (χ0n) is 17.7. The quantitative estimate of drug-likeness (QED) is 0.314. The standard InChI is InChI=1S/C23H19N3O7/c1-14-11-12-18(20(13-14)26(31)32)24-22(27)21(16-7-4-3-5-8-16)33-23(28)17-9-6-10-19(15(17)2)25(29)30/h3-13,21H,1-2H3,(H,24,27)/t21-/m1/s1. The summed E-state index contributed by atoms with van der Waals surface area (Å²) in [5.74, 6) is -1.76. The van der Waals surface area contributed by atoms with Crippen LogP contribution in [0.1, 0.15) is 33.2 Å². The first-order chi connectivity index (χ1) is 15.7. The van der Waals surface area contributed by atoms with E-state index in [0.717, 1.165) is 0 Å². The molecule has 0 unspecified atom stereocenters. The molecule has 10 heteroatoms. The van der Waals surface area contributed by atoms with Gasteiger partial charge in [0.15, 0.2) is 0 Å². The van der Waals surface area contributed by atoms with Crippen LogP contribution >= 0.6 is 0 Å². The highest BCUT2D eigenvalue weighted by Gasteiger charge is 2.29. The summed E-state index contributed by atoms with van der Waals surface area (Å²) in [6, 6.07) is 16.3. The lowest BCUT2D eigenvalue weighted by Gasteiger charge is -2.19. The first kappa shape index (κ1) is 23.1. The Morgan fingerprint density at radius 1 is 0.879 bits per heavy atom. The van der Waals surface area contributed by atoms with Crippen LogP contribution in [0.25, 0.3) is 0 Å². The number of carbonyl (C=O) groups excluding carboxylic acids is 2. The Hall–Kier alpha value is -4.60. The number of hydrogen-bond donors (Lipinski definition) is 1. The molecule has 0 aliphatic carbocycles. The summed E-state index contributed by atoms with van der Waals surface area (Å²) >= 11 is 0. The van der Waals surface area contributed by atoms with Crippen LogP contribution in [0.5, 0.6) is 0 Å². The minimum atomic E-state index is -1.46. The van der Waals surface area contributed by atoms with Crippen LogP contribution < -0.4 is 5.32 Å². The van der Waals surface area contributed by atoms with E-state index in [1.807, 2.05) is 0 Å². The molecular formula is C23H19N3O7. The first-order valence-corrected chi connectivity index (χ1v) is 9.75. The van der Waals surface area contributed by atoms with Crippen molar-refractivity contribution in [3.05, 3.63) is 109 Å². The van der Waals surface area contributed by atoms with Crippen molar-refractivity contribution < 1.29 is 24.2 Å². The lowest BCUT2D eigenvalue weighted by atomic mass is 10.1. The highest BCUT2D eigenvalue weighted by molar-refractivity contribution is 6.00. The maximum Gasteiger partial charge on any atom is 0.339 e. The number of ether oxygens (including phenoxy) is 1. The molecule has 0 saturated heterocycles. The van der Waals surface area contributed by atoms with E-state index in [0.29, 0.717) is 11.1 Å². The van der Waals surface area contributed by atoms with Gasteiger partial charge in [0.1, 0.15) is 5.69 Å². The van der Waals surface area contributed by atoms with E-state index >= 15 is 0 Å². The zero-order chi connectivity index (χ0) is 24.1. The summed E-state index contributed by atoms with van der Waals surface area (Å²) in [5.41, 5.74) is 0.344. The highest BCUT2D eigenvalue weighted by Crippen LogP contribution is 2.29. The lowest BCUT2D eigenvalue weighted by molar-refractivity contribution is -0.385. The van der Waals surface area contributed by atoms with E-state index in [1.54, 1.807) is 43.3 Å². The van der Waals surface area contributed by atoms with Crippen molar-refractivity contribution in [3.63, 3.8) is 0 Å². The average Bonchev–Trinajstić information content (AvgIpc) is 2.78. The van der Waals surface area contributed by atoms with Crippen LogP contribution in [-0.2, 0) is 9.53 Å². The molecule has 0 spiro atoms. The normalized spacial score (nSPS) is 11.3. The number of nitro benzene ring substituents is 2. The molecule has 33 heavy (non-hydrogen) atoms. The van der Waals surface area contributed by atoms with E-state index in [1.165, 1.54) is 37.3 Å². The van der Waals surface area contributed by atoms with Gasteiger partial charge in [0, 0.05) is 23.3 Å². The first-order valence-electron chi connectivity index (χ1n) is 9.75. The number of anilines is 1. The van der Waals surface area contributed by atoms with E-state index in [-0.39, 0.29) is 28.2 Å². The van der Waals surface area contributed by atoms with Gasteiger partial charge in [-0.2, -0.15) is 0 Å². The van der Waals surface area contributed by atoms with Crippen molar-refractivity contribution in [2.45, 2.75) is 20.0 Å². The van der Waals surface area contributed by atoms with Crippen LogP contribution in [0.15, 0.2) is 66.7 Å². The molecular weight excluding hydrogens is 430 g/mol. The minimum Gasteiger partial charge on any atom is -0.444 e. The maximum absolute atomic E-state index is 13.1. The molecule has 1 atom stereocenters. The molecule has 1 N–H and O–H groups in total. The van der Waals surface area contributed by atoms with Crippen molar-refractivity contribution >= 4 is 28.9 Å². The van der Waals surface area contributed by atoms with Crippen molar-refractivity contribution in [1.82, 2.24) is 0 Å². The van der Waals surface area contributed by atoms with Gasteiger partial charge >= 0.3 is 5.97 Å². The topological polar surface area (TPSA) is 142 Å². The molecule has 0 fully saturated rings. The van der Waals surface area contributed by atoms with E-state index in [2.05, 4.69) is 5.32 Å². The molecule has 3 rings (SSSR count). The fourth-order valence-corrected chi connectivity index (χ4v) is 3.21. The molecule has 3 aromatic rings. The third-order valence-corrected chi connectivity index (χ3v) is 4.89. The molecule has 10 nitrogen and oxygen atoms in total. The number of carbonyl (C=O) groups is 2. The SMILES string of the molecule is Cc1ccc(NC(=O)[C@H](OC(=O)c2cccc([N+](=O)[O-])c2C)c2ccccc2)c([N+](=O)[O-])c1. The summed E-state index contributed by atoms with van der Waals surface area (Å²) in [5, 5.41) is 25.0. The summed E-state index contributed by atoms with van der Waals surface area (Å²) < 4.78 is 5.45. The molecule has 3 aromatic carbocycles. The summed E-state index contributed by atoms with van der Waals surface area (Å²) in [6.07, 6.45) is -1.46. The van der Waals surface area contributed by atoms with Crippen molar-refractivity contribution in [3.8, 4) is 0 Å². The van der Waals surface area contributed by atoms with Gasteiger partial charge in [-0.3, -0.25) is 25.0 Å². The molecule has 168 valence electrons. The summed E-state index contributed by atoms with van der Waals surface area (Å²) in [6.45, 7) is 3.08. The van der Waals surface area contributed by atoms with Gasteiger partial charge in [0.25, 0.3) is 17.3 Å².